The Balaban J connectivity index is 2.67. The highest BCUT2D eigenvalue weighted by Gasteiger charge is 2.25. The summed E-state index contributed by atoms with van der Waals surface area (Å²) < 4.78 is 0. The minimum Gasteiger partial charge on any atom is -0.508 e. The molecule has 0 fully saturated rings. The molecule has 0 saturated heterocycles. The van der Waals surface area contributed by atoms with Gasteiger partial charge in [0.15, 0.2) is 0 Å². The number of aliphatic carboxylic acids is 1. The number of carbonyl (C=O) groups excluding carboxylic acids is 1. The second-order valence-corrected chi connectivity index (χ2v) is 4.44. The fourth-order valence-electron chi connectivity index (χ4n) is 1.59. The van der Waals surface area contributed by atoms with Crippen LogP contribution in [0.15, 0.2) is 24.3 Å². The van der Waals surface area contributed by atoms with Crippen molar-refractivity contribution in [3.05, 3.63) is 29.8 Å². The summed E-state index contributed by atoms with van der Waals surface area (Å²) >= 11 is 0. The van der Waals surface area contributed by atoms with Gasteiger partial charge < -0.3 is 20.8 Å². The number of aromatic hydroxyl groups is 1. The van der Waals surface area contributed by atoms with E-state index in [0.29, 0.717) is 0 Å². The second-order valence-electron chi connectivity index (χ2n) is 4.44. The van der Waals surface area contributed by atoms with Crippen LogP contribution >= 0.6 is 0 Å². The van der Waals surface area contributed by atoms with Crippen molar-refractivity contribution in [1.82, 2.24) is 4.90 Å². The van der Waals surface area contributed by atoms with E-state index in [1.807, 2.05) is 0 Å². The zero-order valence-electron chi connectivity index (χ0n) is 10.9. The molecule has 0 spiro atoms. The number of carboxylic acid groups (broad SMARTS) is 1. The Morgan fingerprint density at radius 3 is 2.32 bits per heavy atom. The van der Waals surface area contributed by atoms with E-state index in [9.17, 15) is 9.59 Å². The number of phenols is 1. The topological polar surface area (TPSA) is 104 Å². The van der Waals surface area contributed by atoms with E-state index in [4.69, 9.17) is 15.9 Å². The highest BCUT2D eigenvalue weighted by molar-refractivity contribution is 5.86. The minimum absolute atomic E-state index is 0.139. The van der Waals surface area contributed by atoms with Crippen molar-refractivity contribution in [3.63, 3.8) is 0 Å². The van der Waals surface area contributed by atoms with Gasteiger partial charge in [-0.15, -0.1) is 0 Å². The van der Waals surface area contributed by atoms with Crippen molar-refractivity contribution in [2.75, 3.05) is 7.05 Å². The van der Waals surface area contributed by atoms with E-state index in [1.165, 1.54) is 26.1 Å². The maximum absolute atomic E-state index is 11.9. The van der Waals surface area contributed by atoms with Gasteiger partial charge in [-0.25, -0.2) is 4.79 Å². The van der Waals surface area contributed by atoms with Crippen molar-refractivity contribution in [2.24, 2.45) is 5.73 Å². The van der Waals surface area contributed by atoms with Crippen molar-refractivity contribution in [1.29, 1.82) is 0 Å². The number of rotatable bonds is 5. The predicted molar refractivity (Wildman–Crippen MR) is 69.7 cm³/mol. The third-order valence-electron chi connectivity index (χ3n) is 3.00. The fourth-order valence-corrected chi connectivity index (χ4v) is 1.59. The summed E-state index contributed by atoms with van der Waals surface area (Å²) in [5, 5.41) is 18.0. The third kappa shape index (κ3) is 3.96. The average Bonchev–Trinajstić information content (AvgIpc) is 2.38. The van der Waals surface area contributed by atoms with Crippen molar-refractivity contribution in [3.8, 4) is 5.75 Å². The SMILES string of the molecule is CC(C(=O)O)N(C)C(=O)[C@H](N)Cc1ccc(O)cc1. The van der Waals surface area contributed by atoms with Gasteiger partial charge in [-0.3, -0.25) is 4.79 Å². The lowest BCUT2D eigenvalue weighted by Gasteiger charge is -2.24. The zero-order chi connectivity index (χ0) is 14.6. The quantitative estimate of drug-likeness (QED) is 0.706. The van der Waals surface area contributed by atoms with Gasteiger partial charge in [-0.2, -0.15) is 0 Å². The lowest BCUT2D eigenvalue weighted by molar-refractivity contribution is -0.148. The molecule has 1 unspecified atom stereocenters. The van der Waals surface area contributed by atoms with Gasteiger partial charge in [0.1, 0.15) is 11.8 Å². The number of hydrogen-bond acceptors (Lipinski definition) is 4. The van der Waals surface area contributed by atoms with Gasteiger partial charge in [0, 0.05) is 7.05 Å². The largest absolute Gasteiger partial charge is 0.508 e. The summed E-state index contributed by atoms with van der Waals surface area (Å²) in [6, 6.07) is 4.63. The lowest BCUT2D eigenvalue weighted by Crippen LogP contribution is -2.49. The first-order valence-corrected chi connectivity index (χ1v) is 5.86. The molecule has 1 rings (SSSR count). The molecular weight excluding hydrogens is 248 g/mol. The smallest absolute Gasteiger partial charge is 0.326 e. The van der Waals surface area contributed by atoms with Crippen molar-refractivity contribution >= 4 is 11.9 Å². The maximum atomic E-state index is 11.9. The van der Waals surface area contributed by atoms with Crippen LogP contribution < -0.4 is 5.73 Å². The van der Waals surface area contributed by atoms with Gasteiger partial charge >= 0.3 is 5.97 Å². The molecule has 4 N–H and O–H groups in total. The summed E-state index contributed by atoms with van der Waals surface area (Å²) in [6.07, 6.45) is 0.287. The van der Waals surface area contributed by atoms with Gasteiger partial charge in [0.25, 0.3) is 0 Å². The molecule has 0 aromatic heterocycles. The summed E-state index contributed by atoms with van der Waals surface area (Å²) in [4.78, 5) is 23.9. The molecule has 0 aliphatic carbocycles. The highest BCUT2D eigenvalue weighted by atomic mass is 16.4. The lowest BCUT2D eigenvalue weighted by atomic mass is 10.0. The monoisotopic (exact) mass is 266 g/mol. The normalized spacial score (nSPS) is 13.6. The number of nitrogens with zero attached hydrogens (tertiary/aromatic N) is 1. The average molecular weight is 266 g/mol. The van der Waals surface area contributed by atoms with E-state index in [2.05, 4.69) is 0 Å². The standard InChI is InChI=1S/C13H18N2O4/c1-8(13(18)19)15(2)12(17)11(14)7-9-3-5-10(16)6-4-9/h3-6,8,11,16H,7,14H2,1-2H3,(H,18,19)/t8?,11-/m1/s1. The number of phenolic OH excluding ortho intramolecular Hbond substituents is 1. The molecular formula is C13H18N2O4. The van der Waals surface area contributed by atoms with Crippen LogP contribution in [0.5, 0.6) is 5.75 Å². The predicted octanol–water partition coefficient (Wildman–Crippen LogP) is 0.194. The number of amides is 1. The van der Waals surface area contributed by atoms with Crippen LogP contribution in [-0.2, 0) is 16.0 Å². The van der Waals surface area contributed by atoms with Crippen molar-refractivity contribution in [2.45, 2.75) is 25.4 Å². The molecule has 0 saturated carbocycles. The van der Waals surface area contributed by atoms with Crippen LogP contribution in [0.3, 0.4) is 0 Å². The number of carbonyl (C=O) groups is 2. The second kappa shape index (κ2) is 6.19. The molecule has 19 heavy (non-hydrogen) atoms. The number of likely N-dealkylation sites (N-methyl/N-ethyl adjacent to an activating group) is 1. The third-order valence-corrected chi connectivity index (χ3v) is 3.00. The summed E-state index contributed by atoms with van der Waals surface area (Å²) in [7, 11) is 1.41. The molecule has 0 aliphatic rings. The molecule has 1 amide bonds. The van der Waals surface area contributed by atoms with Crippen LogP contribution in [0.2, 0.25) is 0 Å². The molecule has 1 aromatic rings. The maximum Gasteiger partial charge on any atom is 0.326 e. The Labute approximate surface area is 111 Å². The minimum atomic E-state index is -1.08. The first-order chi connectivity index (χ1) is 8.82. The molecule has 0 heterocycles. The molecule has 1 aromatic carbocycles. The van der Waals surface area contributed by atoms with E-state index in [0.717, 1.165) is 10.5 Å². The number of nitrogens with two attached hydrogens (primary N) is 1. The molecule has 6 nitrogen and oxygen atoms in total. The van der Waals surface area contributed by atoms with E-state index < -0.39 is 24.0 Å². The Hall–Kier alpha value is -2.08. The molecule has 6 heteroatoms. The van der Waals surface area contributed by atoms with Gasteiger partial charge in [0.2, 0.25) is 5.91 Å². The summed E-state index contributed by atoms with van der Waals surface area (Å²) in [6.45, 7) is 1.42. The van der Waals surface area contributed by atoms with E-state index in [1.54, 1.807) is 12.1 Å². The molecule has 0 bridgehead atoms. The van der Waals surface area contributed by atoms with E-state index in [-0.39, 0.29) is 12.2 Å². The summed E-state index contributed by atoms with van der Waals surface area (Å²) in [5.74, 6) is -1.36. The number of benzene rings is 1. The van der Waals surface area contributed by atoms with Crippen LogP contribution in [0, 0.1) is 0 Å². The number of carboxylic acids is 1. The van der Waals surface area contributed by atoms with Gasteiger partial charge in [-0.1, -0.05) is 12.1 Å². The Morgan fingerprint density at radius 2 is 1.84 bits per heavy atom. The first-order valence-electron chi connectivity index (χ1n) is 5.86. The van der Waals surface area contributed by atoms with Crippen LogP contribution in [0.4, 0.5) is 0 Å². The Bertz CT molecular complexity index is 458. The molecule has 2 atom stereocenters. The van der Waals surface area contributed by atoms with E-state index >= 15 is 0 Å². The van der Waals surface area contributed by atoms with Crippen LogP contribution in [0.1, 0.15) is 12.5 Å². The van der Waals surface area contributed by atoms with Crippen LogP contribution in [0.25, 0.3) is 0 Å². The highest BCUT2D eigenvalue weighted by Crippen LogP contribution is 2.11. The number of hydrogen-bond donors (Lipinski definition) is 3. The first kappa shape index (κ1) is 15.0. The molecule has 0 radical (unpaired) electrons. The van der Waals surface area contributed by atoms with Crippen molar-refractivity contribution < 1.29 is 19.8 Å². The molecule has 0 aliphatic heterocycles. The zero-order valence-corrected chi connectivity index (χ0v) is 10.9. The fraction of sp³-hybridized carbons (Fsp3) is 0.385. The van der Waals surface area contributed by atoms with Gasteiger partial charge in [-0.05, 0) is 31.0 Å². The summed E-state index contributed by atoms with van der Waals surface area (Å²) in [5.41, 5.74) is 6.58. The Kier molecular flexibility index (Phi) is 4.88. The Morgan fingerprint density at radius 1 is 1.32 bits per heavy atom. The van der Waals surface area contributed by atoms with Gasteiger partial charge in [0.05, 0.1) is 6.04 Å². The molecule has 104 valence electrons. The van der Waals surface area contributed by atoms with Crippen LogP contribution in [-0.4, -0.2) is 46.1 Å².